The minimum absolute atomic E-state index is 0.468. The summed E-state index contributed by atoms with van der Waals surface area (Å²) in [6.45, 7) is 11.3. The second-order valence-electron chi connectivity index (χ2n) is 6.48. The van der Waals surface area contributed by atoms with E-state index in [1.54, 1.807) is 0 Å². The van der Waals surface area contributed by atoms with Crippen molar-refractivity contribution in [1.82, 2.24) is 15.5 Å². The van der Waals surface area contributed by atoms with Gasteiger partial charge in [-0.25, -0.2) is 0 Å². The van der Waals surface area contributed by atoms with Crippen molar-refractivity contribution in [2.75, 3.05) is 13.1 Å². The van der Waals surface area contributed by atoms with Crippen LogP contribution in [0.4, 0.5) is 0 Å². The van der Waals surface area contributed by atoms with Crippen molar-refractivity contribution in [2.24, 2.45) is 11.3 Å². The van der Waals surface area contributed by atoms with Crippen LogP contribution in [0.15, 0.2) is 0 Å². The maximum absolute atomic E-state index is 4.35. The van der Waals surface area contributed by atoms with Gasteiger partial charge in [0.1, 0.15) is 10.0 Å². The third kappa shape index (κ3) is 3.75. The van der Waals surface area contributed by atoms with Crippen LogP contribution in [0.3, 0.4) is 0 Å². The standard InChI is InChI=1S/C14H25N3S/c1-10(2)9-15-7-5-6-12-16-17-13(18-12)11-8-14(11,3)4/h10-11,15H,5-9H2,1-4H3. The molecule has 0 amide bonds. The first-order valence-electron chi connectivity index (χ1n) is 7.02. The zero-order valence-electron chi connectivity index (χ0n) is 12.0. The molecule has 3 nitrogen and oxygen atoms in total. The van der Waals surface area contributed by atoms with Gasteiger partial charge < -0.3 is 5.32 Å². The van der Waals surface area contributed by atoms with Gasteiger partial charge in [0.25, 0.3) is 0 Å². The average molecular weight is 267 g/mol. The quantitative estimate of drug-likeness (QED) is 0.771. The van der Waals surface area contributed by atoms with E-state index in [9.17, 15) is 0 Å². The molecule has 1 aromatic rings. The highest BCUT2D eigenvalue weighted by Gasteiger charge is 2.48. The predicted molar refractivity (Wildman–Crippen MR) is 77.1 cm³/mol. The highest BCUT2D eigenvalue weighted by Crippen LogP contribution is 2.58. The average Bonchev–Trinajstić information content (AvgIpc) is 2.74. The summed E-state index contributed by atoms with van der Waals surface area (Å²) in [4.78, 5) is 0. The molecule has 0 aromatic carbocycles. The summed E-state index contributed by atoms with van der Waals surface area (Å²) in [5, 5.41) is 14.6. The fourth-order valence-corrected chi connectivity index (χ4v) is 3.35. The van der Waals surface area contributed by atoms with Crippen LogP contribution in [0.2, 0.25) is 0 Å². The van der Waals surface area contributed by atoms with Crippen LogP contribution in [0.1, 0.15) is 56.5 Å². The third-order valence-electron chi connectivity index (χ3n) is 3.59. The summed E-state index contributed by atoms with van der Waals surface area (Å²) in [7, 11) is 0. The Balaban J connectivity index is 1.68. The number of hydrogen-bond donors (Lipinski definition) is 1. The molecule has 1 N–H and O–H groups in total. The summed E-state index contributed by atoms with van der Waals surface area (Å²) in [6, 6.07) is 0. The van der Waals surface area contributed by atoms with Crippen molar-refractivity contribution < 1.29 is 0 Å². The maximum Gasteiger partial charge on any atom is 0.121 e. The van der Waals surface area contributed by atoms with Crippen molar-refractivity contribution in [2.45, 2.75) is 52.9 Å². The molecular weight excluding hydrogens is 242 g/mol. The lowest BCUT2D eigenvalue weighted by atomic mass is 10.1. The van der Waals surface area contributed by atoms with Crippen molar-refractivity contribution in [3.05, 3.63) is 10.0 Å². The Bertz CT molecular complexity index is 384. The minimum Gasteiger partial charge on any atom is -0.316 e. The second-order valence-corrected chi connectivity index (χ2v) is 7.57. The van der Waals surface area contributed by atoms with Crippen LogP contribution in [0.25, 0.3) is 0 Å². The van der Waals surface area contributed by atoms with Gasteiger partial charge in [0.15, 0.2) is 0 Å². The van der Waals surface area contributed by atoms with Gasteiger partial charge in [0, 0.05) is 12.3 Å². The van der Waals surface area contributed by atoms with Crippen molar-refractivity contribution in [3.8, 4) is 0 Å². The molecule has 4 heteroatoms. The molecule has 18 heavy (non-hydrogen) atoms. The number of nitrogens with zero attached hydrogens (tertiary/aromatic N) is 2. The van der Waals surface area contributed by atoms with Crippen LogP contribution in [-0.2, 0) is 6.42 Å². The Labute approximate surface area is 114 Å². The molecule has 0 bridgehead atoms. The highest BCUT2D eigenvalue weighted by molar-refractivity contribution is 7.11. The monoisotopic (exact) mass is 267 g/mol. The van der Waals surface area contributed by atoms with Crippen molar-refractivity contribution in [1.29, 1.82) is 0 Å². The van der Waals surface area contributed by atoms with Gasteiger partial charge in [-0.1, -0.05) is 27.7 Å². The van der Waals surface area contributed by atoms with Crippen LogP contribution < -0.4 is 5.32 Å². The smallest absolute Gasteiger partial charge is 0.121 e. The lowest BCUT2D eigenvalue weighted by Crippen LogP contribution is -2.21. The molecule has 1 heterocycles. The molecular formula is C14H25N3S. The van der Waals surface area contributed by atoms with E-state index in [1.165, 1.54) is 16.4 Å². The minimum atomic E-state index is 0.468. The molecule has 0 radical (unpaired) electrons. The Morgan fingerprint density at radius 3 is 2.72 bits per heavy atom. The zero-order valence-corrected chi connectivity index (χ0v) is 12.8. The van der Waals surface area contributed by atoms with Gasteiger partial charge in [-0.05, 0) is 37.3 Å². The SMILES string of the molecule is CC(C)CNCCCc1nnc(C2CC2(C)C)s1. The van der Waals surface area contributed by atoms with Crippen LogP contribution in [-0.4, -0.2) is 23.3 Å². The summed E-state index contributed by atoms with van der Waals surface area (Å²) in [5.74, 6) is 1.40. The fraction of sp³-hybridized carbons (Fsp3) is 0.857. The lowest BCUT2D eigenvalue weighted by molar-refractivity contribution is 0.542. The van der Waals surface area contributed by atoms with E-state index in [2.05, 4.69) is 43.2 Å². The Kier molecular flexibility index (Phi) is 4.38. The van der Waals surface area contributed by atoms with Gasteiger partial charge in [-0.3, -0.25) is 0 Å². The molecule has 102 valence electrons. The van der Waals surface area contributed by atoms with Crippen molar-refractivity contribution >= 4 is 11.3 Å². The summed E-state index contributed by atoms with van der Waals surface area (Å²) in [5.41, 5.74) is 0.468. The lowest BCUT2D eigenvalue weighted by Gasteiger charge is -2.05. The third-order valence-corrected chi connectivity index (χ3v) is 4.69. The number of aryl methyl sites for hydroxylation is 1. The van der Waals surface area contributed by atoms with Crippen LogP contribution in [0, 0.1) is 11.3 Å². The van der Waals surface area contributed by atoms with E-state index in [1.807, 2.05) is 11.3 Å². The number of aromatic nitrogens is 2. The number of nitrogens with one attached hydrogen (secondary N) is 1. The Hall–Kier alpha value is -0.480. The highest BCUT2D eigenvalue weighted by atomic mass is 32.1. The van der Waals surface area contributed by atoms with Crippen LogP contribution in [0.5, 0.6) is 0 Å². The molecule has 0 aliphatic heterocycles. The molecule has 0 saturated heterocycles. The van der Waals surface area contributed by atoms with E-state index in [-0.39, 0.29) is 0 Å². The molecule has 1 aliphatic carbocycles. The second kappa shape index (κ2) is 5.66. The zero-order chi connectivity index (χ0) is 13.2. The van der Waals surface area contributed by atoms with Gasteiger partial charge in [0.2, 0.25) is 0 Å². The number of hydrogen-bond acceptors (Lipinski definition) is 4. The fourth-order valence-electron chi connectivity index (χ4n) is 2.15. The van der Waals surface area contributed by atoms with E-state index < -0.39 is 0 Å². The van der Waals surface area contributed by atoms with Gasteiger partial charge >= 0.3 is 0 Å². The van der Waals surface area contributed by atoms with E-state index >= 15 is 0 Å². The summed E-state index contributed by atoms with van der Waals surface area (Å²) in [6.07, 6.45) is 3.50. The molecule has 1 fully saturated rings. The van der Waals surface area contributed by atoms with Gasteiger partial charge in [-0.2, -0.15) is 0 Å². The first-order chi connectivity index (χ1) is 8.49. The Morgan fingerprint density at radius 2 is 2.11 bits per heavy atom. The molecule has 1 aliphatic rings. The van der Waals surface area contributed by atoms with Gasteiger partial charge in [0.05, 0.1) is 0 Å². The molecule has 1 saturated carbocycles. The van der Waals surface area contributed by atoms with Crippen molar-refractivity contribution in [3.63, 3.8) is 0 Å². The number of rotatable bonds is 7. The first kappa shape index (κ1) is 13.9. The first-order valence-corrected chi connectivity index (χ1v) is 7.83. The largest absolute Gasteiger partial charge is 0.316 e. The molecule has 1 aromatic heterocycles. The Morgan fingerprint density at radius 1 is 1.39 bits per heavy atom. The molecule has 0 spiro atoms. The van der Waals surface area contributed by atoms with Gasteiger partial charge in [-0.15, -0.1) is 21.5 Å². The summed E-state index contributed by atoms with van der Waals surface area (Å²) < 4.78 is 0. The van der Waals surface area contributed by atoms with Crippen LogP contribution >= 0.6 is 11.3 Å². The maximum atomic E-state index is 4.35. The van der Waals surface area contributed by atoms with E-state index in [0.717, 1.165) is 31.8 Å². The predicted octanol–water partition coefficient (Wildman–Crippen LogP) is 3.23. The molecule has 1 atom stereocenters. The van der Waals surface area contributed by atoms with E-state index in [4.69, 9.17) is 0 Å². The van der Waals surface area contributed by atoms with E-state index in [0.29, 0.717) is 11.3 Å². The molecule has 1 unspecified atom stereocenters. The summed E-state index contributed by atoms with van der Waals surface area (Å²) >= 11 is 1.82. The topological polar surface area (TPSA) is 37.8 Å². The molecule has 2 rings (SSSR count). The normalized spacial score (nSPS) is 21.5.